The molecule has 0 amide bonds. The van der Waals surface area contributed by atoms with Gasteiger partial charge in [-0.3, -0.25) is 11.3 Å². The van der Waals surface area contributed by atoms with Crippen LogP contribution in [-0.2, 0) is 6.42 Å². The molecule has 0 fully saturated rings. The molecule has 2 rings (SSSR count). The van der Waals surface area contributed by atoms with Gasteiger partial charge in [-0.05, 0) is 48.4 Å². The van der Waals surface area contributed by atoms with Crippen LogP contribution in [0.3, 0.4) is 0 Å². The van der Waals surface area contributed by atoms with Crippen LogP contribution >= 0.6 is 11.6 Å². The number of hydrazine groups is 1. The highest BCUT2D eigenvalue weighted by molar-refractivity contribution is 6.30. The molecule has 2 aromatic carbocycles. The molecule has 1 unspecified atom stereocenters. The van der Waals surface area contributed by atoms with Crippen molar-refractivity contribution in [2.24, 2.45) is 5.84 Å². The molecule has 0 aliphatic carbocycles. The van der Waals surface area contributed by atoms with Gasteiger partial charge in [-0.25, -0.2) is 4.39 Å². The van der Waals surface area contributed by atoms with Gasteiger partial charge in [-0.2, -0.15) is 0 Å². The van der Waals surface area contributed by atoms with Gasteiger partial charge >= 0.3 is 0 Å². The van der Waals surface area contributed by atoms with Crippen molar-refractivity contribution in [2.45, 2.75) is 12.5 Å². The molecule has 0 radical (unpaired) electrons. The van der Waals surface area contributed by atoms with E-state index in [4.69, 9.17) is 22.2 Å². The zero-order valence-electron chi connectivity index (χ0n) is 10.9. The molecule has 0 saturated carbocycles. The van der Waals surface area contributed by atoms with Crippen molar-refractivity contribution in [2.75, 3.05) is 6.61 Å². The van der Waals surface area contributed by atoms with Gasteiger partial charge in [0, 0.05) is 5.02 Å². The molecule has 0 spiro atoms. The second-order valence-electron chi connectivity index (χ2n) is 4.46. The summed E-state index contributed by atoms with van der Waals surface area (Å²) in [6, 6.07) is 13.4. The molecule has 2 aromatic rings. The van der Waals surface area contributed by atoms with Crippen LogP contribution in [0.25, 0.3) is 0 Å². The quantitative estimate of drug-likeness (QED) is 0.636. The Hall–Kier alpha value is -1.62. The number of nitrogens with two attached hydrogens (primary N) is 1. The van der Waals surface area contributed by atoms with E-state index >= 15 is 0 Å². The SMILES string of the molecule is NNC(COc1ccc(Cl)cc1)Cc1cccc(F)c1. The summed E-state index contributed by atoms with van der Waals surface area (Å²) in [6.45, 7) is 0.384. The first-order chi connectivity index (χ1) is 9.67. The summed E-state index contributed by atoms with van der Waals surface area (Å²) in [5.74, 6) is 5.97. The zero-order chi connectivity index (χ0) is 14.4. The Morgan fingerprint density at radius 1 is 1.20 bits per heavy atom. The first-order valence-corrected chi connectivity index (χ1v) is 6.64. The van der Waals surface area contributed by atoms with Crippen molar-refractivity contribution in [1.82, 2.24) is 5.43 Å². The predicted octanol–water partition coefficient (Wildman–Crippen LogP) is 2.93. The van der Waals surface area contributed by atoms with Gasteiger partial charge in [0.1, 0.15) is 18.2 Å². The summed E-state index contributed by atoms with van der Waals surface area (Å²) >= 11 is 5.80. The highest BCUT2D eigenvalue weighted by atomic mass is 35.5. The zero-order valence-corrected chi connectivity index (χ0v) is 11.6. The molecule has 0 aromatic heterocycles. The fourth-order valence-electron chi connectivity index (χ4n) is 1.84. The van der Waals surface area contributed by atoms with Gasteiger partial charge in [-0.1, -0.05) is 23.7 Å². The third kappa shape index (κ3) is 4.49. The number of rotatable bonds is 6. The minimum atomic E-state index is -0.253. The normalized spacial score (nSPS) is 12.2. The number of nitrogens with one attached hydrogen (secondary N) is 1. The molecule has 0 bridgehead atoms. The summed E-state index contributed by atoms with van der Waals surface area (Å²) < 4.78 is 18.7. The van der Waals surface area contributed by atoms with Crippen LogP contribution in [-0.4, -0.2) is 12.6 Å². The molecule has 3 N–H and O–H groups in total. The van der Waals surface area contributed by atoms with Crippen molar-refractivity contribution < 1.29 is 9.13 Å². The third-order valence-corrected chi connectivity index (χ3v) is 3.12. The fraction of sp³-hybridized carbons (Fsp3) is 0.200. The second-order valence-corrected chi connectivity index (χ2v) is 4.90. The largest absolute Gasteiger partial charge is 0.492 e. The Morgan fingerprint density at radius 3 is 2.60 bits per heavy atom. The molecule has 3 nitrogen and oxygen atoms in total. The summed E-state index contributed by atoms with van der Waals surface area (Å²) in [5.41, 5.74) is 3.55. The van der Waals surface area contributed by atoms with E-state index in [0.717, 1.165) is 5.56 Å². The predicted molar refractivity (Wildman–Crippen MR) is 78.2 cm³/mol. The molecule has 1 atom stereocenters. The maximum atomic E-state index is 13.1. The van der Waals surface area contributed by atoms with E-state index in [9.17, 15) is 4.39 Å². The minimum absolute atomic E-state index is 0.104. The highest BCUT2D eigenvalue weighted by Crippen LogP contribution is 2.16. The van der Waals surface area contributed by atoms with E-state index in [1.165, 1.54) is 12.1 Å². The summed E-state index contributed by atoms with van der Waals surface area (Å²) in [6.07, 6.45) is 0.585. The van der Waals surface area contributed by atoms with Gasteiger partial charge in [-0.15, -0.1) is 0 Å². The van der Waals surface area contributed by atoms with Crippen LogP contribution in [0.4, 0.5) is 4.39 Å². The first-order valence-electron chi connectivity index (χ1n) is 6.26. The fourth-order valence-corrected chi connectivity index (χ4v) is 1.97. The molecule has 5 heteroatoms. The van der Waals surface area contributed by atoms with E-state index in [2.05, 4.69) is 5.43 Å². The van der Waals surface area contributed by atoms with Gasteiger partial charge in [0.2, 0.25) is 0 Å². The average Bonchev–Trinajstić information content (AvgIpc) is 2.45. The monoisotopic (exact) mass is 294 g/mol. The summed E-state index contributed by atoms with van der Waals surface area (Å²) in [7, 11) is 0. The Kier molecular flexibility index (Phi) is 5.35. The molecule has 20 heavy (non-hydrogen) atoms. The van der Waals surface area contributed by atoms with Crippen LogP contribution in [0.5, 0.6) is 5.75 Å². The van der Waals surface area contributed by atoms with E-state index in [1.807, 2.05) is 6.07 Å². The van der Waals surface area contributed by atoms with Gasteiger partial charge in [0.15, 0.2) is 0 Å². The van der Waals surface area contributed by atoms with E-state index in [1.54, 1.807) is 30.3 Å². The summed E-state index contributed by atoms with van der Waals surface area (Å²) in [5, 5.41) is 0.658. The number of ether oxygens (including phenoxy) is 1. The minimum Gasteiger partial charge on any atom is -0.492 e. The van der Waals surface area contributed by atoms with Crippen molar-refractivity contribution in [3.63, 3.8) is 0 Å². The second kappa shape index (κ2) is 7.24. The Morgan fingerprint density at radius 2 is 1.95 bits per heavy atom. The topological polar surface area (TPSA) is 47.3 Å². The van der Waals surface area contributed by atoms with Gasteiger partial charge < -0.3 is 4.74 Å². The lowest BCUT2D eigenvalue weighted by Crippen LogP contribution is -2.41. The Labute approximate surface area is 122 Å². The van der Waals surface area contributed by atoms with Crippen LogP contribution < -0.4 is 16.0 Å². The molecule has 0 aliphatic heterocycles. The van der Waals surface area contributed by atoms with Gasteiger partial charge in [0.05, 0.1) is 6.04 Å². The summed E-state index contributed by atoms with van der Waals surface area (Å²) in [4.78, 5) is 0. The molecule has 0 aliphatic rings. The van der Waals surface area contributed by atoms with Crippen molar-refractivity contribution >= 4 is 11.6 Å². The van der Waals surface area contributed by atoms with Gasteiger partial charge in [0.25, 0.3) is 0 Å². The Bertz CT molecular complexity index is 548. The number of hydrogen-bond acceptors (Lipinski definition) is 3. The number of halogens is 2. The lowest BCUT2D eigenvalue weighted by atomic mass is 10.1. The highest BCUT2D eigenvalue weighted by Gasteiger charge is 2.09. The molecule has 0 heterocycles. The standard InChI is InChI=1S/C15H16ClFN2O/c16-12-4-6-15(7-5-12)20-10-14(19-18)9-11-2-1-3-13(17)8-11/h1-8,14,19H,9-10,18H2. The Balaban J connectivity index is 1.90. The maximum absolute atomic E-state index is 13.1. The molecule has 0 saturated heterocycles. The first kappa shape index (κ1) is 14.8. The molecular formula is C15H16ClFN2O. The van der Waals surface area contributed by atoms with E-state index in [-0.39, 0.29) is 11.9 Å². The van der Waals surface area contributed by atoms with Crippen LogP contribution in [0.1, 0.15) is 5.56 Å². The lowest BCUT2D eigenvalue weighted by Gasteiger charge is -2.17. The number of hydrogen-bond donors (Lipinski definition) is 2. The molecule has 106 valence electrons. The maximum Gasteiger partial charge on any atom is 0.123 e. The average molecular weight is 295 g/mol. The number of benzene rings is 2. The van der Waals surface area contributed by atoms with Crippen molar-refractivity contribution in [3.8, 4) is 5.75 Å². The molecular weight excluding hydrogens is 279 g/mol. The van der Waals surface area contributed by atoms with E-state index in [0.29, 0.717) is 23.8 Å². The lowest BCUT2D eigenvalue weighted by molar-refractivity contribution is 0.264. The van der Waals surface area contributed by atoms with Crippen molar-refractivity contribution in [1.29, 1.82) is 0 Å². The van der Waals surface area contributed by atoms with Crippen LogP contribution in [0.2, 0.25) is 5.02 Å². The smallest absolute Gasteiger partial charge is 0.123 e. The van der Waals surface area contributed by atoms with Crippen molar-refractivity contribution in [3.05, 3.63) is 64.9 Å². The van der Waals surface area contributed by atoms with Crippen LogP contribution in [0.15, 0.2) is 48.5 Å². The third-order valence-electron chi connectivity index (χ3n) is 2.87. The van der Waals surface area contributed by atoms with Crippen LogP contribution in [0, 0.1) is 5.82 Å². The van der Waals surface area contributed by atoms with E-state index < -0.39 is 0 Å².